The molecule has 0 aliphatic carbocycles. The van der Waals surface area contributed by atoms with Crippen LogP contribution in [0.25, 0.3) is 33.9 Å². The molecule has 0 saturated heterocycles. The van der Waals surface area contributed by atoms with Crippen molar-refractivity contribution < 1.29 is 4.79 Å². The van der Waals surface area contributed by atoms with Crippen LogP contribution in [0.3, 0.4) is 0 Å². The van der Waals surface area contributed by atoms with Crippen LogP contribution in [-0.4, -0.2) is 20.5 Å². The van der Waals surface area contributed by atoms with Crippen molar-refractivity contribution in [2.75, 3.05) is 0 Å². The van der Waals surface area contributed by atoms with Crippen LogP contribution in [0.5, 0.6) is 0 Å². The molecule has 0 fully saturated rings. The van der Waals surface area contributed by atoms with Crippen molar-refractivity contribution in [2.45, 2.75) is 6.92 Å². The van der Waals surface area contributed by atoms with E-state index in [9.17, 15) is 4.79 Å². The summed E-state index contributed by atoms with van der Waals surface area (Å²) in [5.41, 5.74) is 5.61. The average Bonchev–Trinajstić information content (AvgIpc) is 3.19. The maximum absolute atomic E-state index is 12.7. The van der Waals surface area contributed by atoms with E-state index in [1.54, 1.807) is 24.3 Å². The Bertz CT molecular complexity index is 1470. The van der Waals surface area contributed by atoms with E-state index in [0.717, 1.165) is 27.9 Å². The Morgan fingerprint density at radius 1 is 0.879 bits per heavy atom. The van der Waals surface area contributed by atoms with Gasteiger partial charge in [0.15, 0.2) is 11.4 Å². The van der Waals surface area contributed by atoms with Gasteiger partial charge in [-0.1, -0.05) is 90.5 Å². The van der Waals surface area contributed by atoms with E-state index >= 15 is 0 Å². The van der Waals surface area contributed by atoms with Crippen LogP contribution in [0.2, 0.25) is 5.15 Å². The molecule has 0 unspecified atom stereocenters. The van der Waals surface area contributed by atoms with Gasteiger partial charge < -0.3 is 0 Å². The van der Waals surface area contributed by atoms with Gasteiger partial charge in [-0.15, -0.1) is 0 Å². The number of rotatable bonds is 5. The maximum Gasteiger partial charge on any atom is 0.185 e. The number of pyridine rings is 1. The molecule has 5 aromatic rings. The molecular weight excluding hydrogens is 430 g/mol. The molecule has 4 nitrogen and oxygen atoms in total. The normalized spacial score (nSPS) is 11.3. The topological polar surface area (TPSA) is 47.8 Å². The van der Waals surface area contributed by atoms with Crippen LogP contribution in [0.1, 0.15) is 21.6 Å². The standard InChI is InChI=1S/C28H20ClN3O/c1-19-25-26(21-13-7-3-8-14-21)23(17-18-24(33)20-11-5-2-6-12-20)27(29)30-28(25)32(31-19)22-15-9-4-10-16-22/h2-18H,1H3/b18-17+. The number of halogens is 1. The number of aryl methyl sites for hydroxylation is 1. The molecule has 0 atom stereocenters. The summed E-state index contributed by atoms with van der Waals surface area (Å²) in [5.74, 6) is -0.0949. The van der Waals surface area contributed by atoms with Gasteiger partial charge in [0, 0.05) is 16.7 Å². The Morgan fingerprint density at radius 3 is 2.15 bits per heavy atom. The van der Waals surface area contributed by atoms with Crippen LogP contribution in [0.15, 0.2) is 97.1 Å². The fourth-order valence-corrected chi connectivity index (χ4v) is 4.20. The van der Waals surface area contributed by atoms with Crippen molar-refractivity contribution in [3.8, 4) is 16.8 Å². The summed E-state index contributed by atoms with van der Waals surface area (Å²) in [6.07, 6.45) is 3.30. The van der Waals surface area contributed by atoms with Gasteiger partial charge in [0.05, 0.1) is 16.8 Å². The minimum atomic E-state index is -0.0949. The number of carbonyl (C=O) groups is 1. The number of hydrogen-bond donors (Lipinski definition) is 0. The summed E-state index contributed by atoms with van der Waals surface area (Å²) in [6.45, 7) is 1.96. The van der Waals surface area contributed by atoms with Crippen LogP contribution >= 0.6 is 11.6 Å². The maximum atomic E-state index is 12.7. The fraction of sp³-hybridized carbons (Fsp3) is 0.0357. The molecule has 0 N–H and O–H groups in total. The highest BCUT2D eigenvalue weighted by Gasteiger charge is 2.21. The van der Waals surface area contributed by atoms with Gasteiger partial charge >= 0.3 is 0 Å². The molecule has 160 valence electrons. The quantitative estimate of drug-likeness (QED) is 0.166. The summed E-state index contributed by atoms with van der Waals surface area (Å²) in [6, 6.07) is 29.0. The van der Waals surface area contributed by atoms with Crippen molar-refractivity contribution in [2.24, 2.45) is 0 Å². The van der Waals surface area contributed by atoms with E-state index in [4.69, 9.17) is 21.7 Å². The molecule has 0 saturated carbocycles. The second-order valence-corrected chi connectivity index (χ2v) is 8.01. The lowest BCUT2D eigenvalue weighted by Crippen LogP contribution is -1.99. The van der Waals surface area contributed by atoms with Crippen molar-refractivity contribution in [1.82, 2.24) is 14.8 Å². The van der Waals surface area contributed by atoms with Gasteiger partial charge in [-0.05, 0) is 36.8 Å². The van der Waals surface area contributed by atoms with Gasteiger partial charge in [0.1, 0.15) is 5.15 Å². The second-order valence-electron chi connectivity index (χ2n) is 7.65. The van der Waals surface area contributed by atoms with E-state index in [2.05, 4.69) is 0 Å². The molecular formula is C28H20ClN3O. The van der Waals surface area contributed by atoms with Gasteiger partial charge in [-0.2, -0.15) is 5.10 Å². The van der Waals surface area contributed by atoms with Gasteiger partial charge in [0.25, 0.3) is 0 Å². The third-order valence-corrected chi connectivity index (χ3v) is 5.79. The Morgan fingerprint density at radius 2 is 1.48 bits per heavy atom. The zero-order chi connectivity index (χ0) is 22.8. The number of allylic oxidation sites excluding steroid dienone is 1. The lowest BCUT2D eigenvalue weighted by Gasteiger charge is -2.11. The first kappa shape index (κ1) is 20.9. The number of fused-ring (bicyclic) bond motifs is 1. The Kier molecular flexibility index (Phi) is 5.59. The number of ketones is 1. The second kappa shape index (κ2) is 8.85. The summed E-state index contributed by atoms with van der Waals surface area (Å²) in [4.78, 5) is 17.4. The van der Waals surface area contributed by atoms with Crippen molar-refractivity contribution in [1.29, 1.82) is 0 Å². The number of carbonyl (C=O) groups excluding carboxylic acids is 1. The van der Waals surface area contributed by atoms with Crippen molar-refractivity contribution >= 4 is 34.5 Å². The number of aromatic nitrogens is 3. The number of para-hydroxylation sites is 1. The minimum absolute atomic E-state index is 0.0949. The monoisotopic (exact) mass is 449 g/mol. The zero-order valence-corrected chi connectivity index (χ0v) is 18.7. The zero-order valence-electron chi connectivity index (χ0n) is 17.9. The van der Waals surface area contributed by atoms with Crippen LogP contribution in [0, 0.1) is 6.92 Å². The number of benzene rings is 3. The predicted molar refractivity (Wildman–Crippen MR) is 134 cm³/mol. The van der Waals surface area contributed by atoms with Gasteiger partial charge in [-0.3, -0.25) is 4.79 Å². The molecule has 0 aliphatic heterocycles. The molecule has 5 rings (SSSR count). The summed E-state index contributed by atoms with van der Waals surface area (Å²) in [5, 5.41) is 5.99. The molecule has 3 aromatic carbocycles. The first-order valence-electron chi connectivity index (χ1n) is 10.6. The highest BCUT2D eigenvalue weighted by Crippen LogP contribution is 2.38. The number of hydrogen-bond acceptors (Lipinski definition) is 3. The smallest absolute Gasteiger partial charge is 0.185 e. The molecule has 0 aliphatic rings. The molecule has 33 heavy (non-hydrogen) atoms. The highest BCUT2D eigenvalue weighted by atomic mass is 35.5. The average molecular weight is 450 g/mol. The first-order chi connectivity index (χ1) is 16.1. The van der Waals surface area contributed by atoms with E-state index in [1.165, 1.54) is 0 Å². The molecule has 2 aromatic heterocycles. The fourth-order valence-electron chi connectivity index (χ4n) is 3.97. The van der Waals surface area contributed by atoms with Gasteiger partial charge in [-0.25, -0.2) is 9.67 Å². The molecule has 0 spiro atoms. The predicted octanol–water partition coefficient (Wildman–Crippen LogP) is 6.95. The lowest BCUT2D eigenvalue weighted by atomic mass is 9.96. The first-order valence-corrected chi connectivity index (χ1v) is 11.0. The number of nitrogens with zero attached hydrogens (tertiary/aromatic N) is 3. The largest absolute Gasteiger partial charge is 0.289 e. The molecule has 2 heterocycles. The van der Waals surface area contributed by atoms with Crippen LogP contribution in [0.4, 0.5) is 0 Å². The van der Waals surface area contributed by atoms with Crippen molar-refractivity contribution in [3.63, 3.8) is 0 Å². The SMILES string of the molecule is Cc1nn(-c2ccccc2)c2nc(Cl)c(/C=C/C(=O)c3ccccc3)c(-c3ccccc3)c12. The van der Waals surface area contributed by atoms with Crippen LogP contribution < -0.4 is 0 Å². The third-order valence-electron chi connectivity index (χ3n) is 5.50. The molecule has 0 amide bonds. The third kappa shape index (κ3) is 3.97. The van der Waals surface area contributed by atoms with Gasteiger partial charge in [0.2, 0.25) is 0 Å². The van der Waals surface area contributed by atoms with Crippen LogP contribution in [-0.2, 0) is 0 Å². The molecule has 5 heteroatoms. The van der Waals surface area contributed by atoms with Crippen molar-refractivity contribution in [3.05, 3.63) is 119 Å². The Labute approximate surface area is 196 Å². The highest BCUT2D eigenvalue weighted by molar-refractivity contribution is 6.32. The van der Waals surface area contributed by atoms with E-state index in [-0.39, 0.29) is 5.78 Å². The minimum Gasteiger partial charge on any atom is -0.289 e. The Hall–Kier alpha value is -4.02. The Balaban J connectivity index is 1.74. The van der Waals surface area contributed by atoms with E-state index in [0.29, 0.717) is 21.9 Å². The summed E-state index contributed by atoms with van der Waals surface area (Å²) in [7, 11) is 0. The van der Waals surface area contributed by atoms with E-state index in [1.807, 2.05) is 90.5 Å². The van der Waals surface area contributed by atoms with E-state index < -0.39 is 0 Å². The summed E-state index contributed by atoms with van der Waals surface area (Å²) >= 11 is 6.74. The molecule has 0 bridgehead atoms. The summed E-state index contributed by atoms with van der Waals surface area (Å²) < 4.78 is 1.81. The molecule has 0 radical (unpaired) electrons. The lowest BCUT2D eigenvalue weighted by molar-refractivity contribution is 0.104.